The summed E-state index contributed by atoms with van der Waals surface area (Å²) in [5.74, 6) is 0.648. The van der Waals surface area contributed by atoms with E-state index in [4.69, 9.17) is 9.47 Å². The molecule has 5 heteroatoms. The summed E-state index contributed by atoms with van der Waals surface area (Å²) in [7, 11) is 0. The Labute approximate surface area is 135 Å². The first-order chi connectivity index (χ1) is 11.2. The highest BCUT2D eigenvalue weighted by Gasteiger charge is 2.07. The number of rotatable bonds is 8. The summed E-state index contributed by atoms with van der Waals surface area (Å²) in [5.41, 5.74) is 0.841. The number of hydrogen-bond acceptors (Lipinski definition) is 3. The molecule has 0 unspecified atom stereocenters. The summed E-state index contributed by atoms with van der Waals surface area (Å²) in [5, 5.41) is 2.75. The zero-order valence-corrected chi connectivity index (χ0v) is 13.0. The molecule has 23 heavy (non-hydrogen) atoms. The number of benzene rings is 2. The van der Waals surface area contributed by atoms with Crippen molar-refractivity contribution in [2.45, 2.75) is 13.3 Å². The minimum absolute atomic E-state index is 0.0900. The van der Waals surface area contributed by atoms with Crippen LogP contribution in [0.15, 0.2) is 48.5 Å². The normalized spacial score (nSPS) is 10.2. The number of ether oxygens (including phenoxy) is 2. The van der Waals surface area contributed by atoms with E-state index in [1.54, 1.807) is 18.2 Å². The second kappa shape index (κ2) is 8.78. The number of carbonyl (C=O) groups excluding carboxylic acids is 1. The van der Waals surface area contributed by atoms with Crippen LogP contribution in [0.1, 0.15) is 12.5 Å². The van der Waals surface area contributed by atoms with Crippen molar-refractivity contribution in [2.75, 3.05) is 19.8 Å². The molecule has 0 atom stereocenters. The number of carbonyl (C=O) groups is 1. The van der Waals surface area contributed by atoms with Crippen molar-refractivity contribution in [3.8, 4) is 11.5 Å². The molecule has 1 N–H and O–H groups in total. The lowest BCUT2D eigenvalue weighted by molar-refractivity contribution is -0.123. The second-order valence-electron chi connectivity index (χ2n) is 4.90. The van der Waals surface area contributed by atoms with Crippen LogP contribution in [-0.4, -0.2) is 25.7 Å². The molecule has 2 aromatic carbocycles. The molecule has 0 radical (unpaired) electrons. The van der Waals surface area contributed by atoms with Crippen molar-refractivity contribution >= 4 is 5.91 Å². The lowest BCUT2D eigenvalue weighted by Gasteiger charge is -2.11. The highest BCUT2D eigenvalue weighted by atomic mass is 19.1. The second-order valence-corrected chi connectivity index (χ2v) is 4.90. The van der Waals surface area contributed by atoms with E-state index in [0.29, 0.717) is 31.1 Å². The van der Waals surface area contributed by atoms with E-state index < -0.39 is 0 Å². The summed E-state index contributed by atoms with van der Waals surface area (Å²) >= 11 is 0. The molecule has 0 saturated heterocycles. The van der Waals surface area contributed by atoms with E-state index >= 15 is 0 Å². The molecule has 0 fully saturated rings. The van der Waals surface area contributed by atoms with E-state index in [1.807, 2.05) is 25.1 Å². The van der Waals surface area contributed by atoms with Gasteiger partial charge < -0.3 is 14.8 Å². The predicted molar refractivity (Wildman–Crippen MR) is 86.2 cm³/mol. The van der Waals surface area contributed by atoms with Crippen LogP contribution in [0, 0.1) is 5.82 Å². The third-order valence-corrected chi connectivity index (χ3v) is 3.13. The third-order valence-electron chi connectivity index (χ3n) is 3.13. The first-order valence-electron chi connectivity index (χ1n) is 7.55. The largest absolute Gasteiger partial charge is 0.490 e. The topological polar surface area (TPSA) is 47.6 Å². The fraction of sp³-hybridized carbons (Fsp3) is 0.278. The van der Waals surface area contributed by atoms with Gasteiger partial charge in [-0.3, -0.25) is 4.79 Å². The van der Waals surface area contributed by atoms with E-state index in [-0.39, 0.29) is 18.3 Å². The number of amides is 1. The Kier molecular flexibility index (Phi) is 6.41. The molecule has 0 saturated carbocycles. The fourth-order valence-electron chi connectivity index (χ4n) is 2.08. The average molecular weight is 317 g/mol. The molecule has 2 aromatic rings. The van der Waals surface area contributed by atoms with Gasteiger partial charge in [-0.25, -0.2) is 4.39 Å². The van der Waals surface area contributed by atoms with Crippen molar-refractivity contribution in [3.63, 3.8) is 0 Å². The first-order valence-corrected chi connectivity index (χ1v) is 7.55. The van der Waals surface area contributed by atoms with Crippen molar-refractivity contribution in [1.82, 2.24) is 5.32 Å². The molecular formula is C18H20FNO3. The summed E-state index contributed by atoms with van der Waals surface area (Å²) in [6, 6.07) is 13.5. The van der Waals surface area contributed by atoms with Crippen LogP contribution in [0.2, 0.25) is 0 Å². The first kappa shape index (κ1) is 16.8. The minimum atomic E-state index is -0.273. The number of para-hydroxylation sites is 2. The molecule has 0 aromatic heterocycles. The molecule has 4 nitrogen and oxygen atoms in total. The number of nitrogens with one attached hydrogen (secondary N) is 1. The molecule has 0 spiro atoms. The third kappa shape index (κ3) is 5.62. The van der Waals surface area contributed by atoms with Crippen LogP contribution in [0.25, 0.3) is 0 Å². The molecule has 0 bridgehead atoms. The van der Waals surface area contributed by atoms with Gasteiger partial charge in [0.05, 0.1) is 6.61 Å². The summed E-state index contributed by atoms with van der Waals surface area (Å²) in [6.07, 6.45) is 0.568. The molecule has 0 aliphatic heterocycles. The van der Waals surface area contributed by atoms with Crippen LogP contribution in [0.4, 0.5) is 4.39 Å². The average Bonchev–Trinajstić information content (AvgIpc) is 2.54. The van der Waals surface area contributed by atoms with Crippen molar-refractivity contribution < 1.29 is 18.7 Å². The van der Waals surface area contributed by atoms with E-state index in [2.05, 4.69) is 5.32 Å². The molecule has 2 rings (SSSR count). The Morgan fingerprint density at radius 3 is 2.52 bits per heavy atom. The maximum atomic E-state index is 13.0. The molecule has 0 aliphatic carbocycles. The van der Waals surface area contributed by atoms with E-state index in [1.165, 1.54) is 12.1 Å². The van der Waals surface area contributed by atoms with Crippen LogP contribution >= 0.6 is 0 Å². The Hall–Kier alpha value is -2.56. The smallest absolute Gasteiger partial charge is 0.257 e. The van der Waals surface area contributed by atoms with Crippen LogP contribution in [0.3, 0.4) is 0 Å². The predicted octanol–water partition coefficient (Wildman–Crippen LogP) is 2.96. The quantitative estimate of drug-likeness (QED) is 0.814. The lowest BCUT2D eigenvalue weighted by Crippen LogP contribution is -2.30. The Morgan fingerprint density at radius 2 is 1.83 bits per heavy atom. The Balaban J connectivity index is 1.75. The maximum Gasteiger partial charge on any atom is 0.257 e. The van der Waals surface area contributed by atoms with E-state index in [9.17, 15) is 9.18 Å². The maximum absolute atomic E-state index is 13.0. The van der Waals surface area contributed by atoms with Gasteiger partial charge in [0.2, 0.25) is 0 Å². The van der Waals surface area contributed by atoms with Crippen LogP contribution in [-0.2, 0) is 11.2 Å². The fourth-order valence-corrected chi connectivity index (χ4v) is 2.08. The molecule has 0 heterocycles. The van der Waals surface area contributed by atoms with Gasteiger partial charge in [-0.1, -0.05) is 24.3 Å². The van der Waals surface area contributed by atoms with Crippen molar-refractivity contribution in [2.24, 2.45) is 0 Å². The zero-order chi connectivity index (χ0) is 16.5. The van der Waals surface area contributed by atoms with Crippen molar-refractivity contribution in [1.29, 1.82) is 0 Å². The van der Waals surface area contributed by atoms with Crippen LogP contribution < -0.4 is 14.8 Å². The molecular weight excluding hydrogens is 297 g/mol. The van der Waals surface area contributed by atoms with Crippen molar-refractivity contribution in [3.05, 3.63) is 59.9 Å². The van der Waals surface area contributed by atoms with Gasteiger partial charge in [-0.05, 0) is 43.2 Å². The molecule has 0 aliphatic rings. The monoisotopic (exact) mass is 317 g/mol. The van der Waals surface area contributed by atoms with Crippen LogP contribution in [0.5, 0.6) is 11.5 Å². The van der Waals surface area contributed by atoms with Gasteiger partial charge in [0.1, 0.15) is 5.82 Å². The van der Waals surface area contributed by atoms with Gasteiger partial charge in [-0.2, -0.15) is 0 Å². The summed E-state index contributed by atoms with van der Waals surface area (Å²) in [6.45, 7) is 2.75. The summed E-state index contributed by atoms with van der Waals surface area (Å²) < 4.78 is 23.9. The Morgan fingerprint density at radius 1 is 1.09 bits per heavy atom. The van der Waals surface area contributed by atoms with Gasteiger partial charge >= 0.3 is 0 Å². The SMILES string of the molecule is CCOc1ccccc1OCC(=O)NCCc1cccc(F)c1. The highest BCUT2D eigenvalue weighted by Crippen LogP contribution is 2.26. The molecule has 122 valence electrons. The van der Waals surface area contributed by atoms with Gasteiger partial charge in [0, 0.05) is 6.54 Å². The standard InChI is InChI=1S/C18H20FNO3/c1-2-22-16-8-3-4-9-17(16)23-13-18(21)20-11-10-14-6-5-7-15(19)12-14/h3-9,12H,2,10-11,13H2,1H3,(H,20,21). The minimum Gasteiger partial charge on any atom is -0.490 e. The van der Waals surface area contributed by atoms with Gasteiger partial charge in [0.25, 0.3) is 5.91 Å². The van der Waals surface area contributed by atoms with E-state index in [0.717, 1.165) is 5.56 Å². The van der Waals surface area contributed by atoms with Gasteiger partial charge in [-0.15, -0.1) is 0 Å². The molecule has 1 amide bonds. The summed E-state index contributed by atoms with van der Waals surface area (Å²) in [4.78, 5) is 11.8. The van der Waals surface area contributed by atoms with Gasteiger partial charge in [0.15, 0.2) is 18.1 Å². The number of hydrogen-bond donors (Lipinski definition) is 1. The Bertz CT molecular complexity index is 646. The number of halogens is 1. The zero-order valence-electron chi connectivity index (χ0n) is 13.0. The lowest BCUT2D eigenvalue weighted by atomic mass is 10.1. The highest BCUT2D eigenvalue weighted by molar-refractivity contribution is 5.77.